The van der Waals surface area contributed by atoms with Crippen LogP contribution in [0.4, 0.5) is 0 Å². The van der Waals surface area contributed by atoms with Crippen molar-refractivity contribution in [3.63, 3.8) is 0 Å². The number of rotatable bonds is 10. The summed E-state index contributed by atoms with van der Waals surface area (Å²) in [4.78, 5) is 72.6. The molecular formula is C40H25O5. The summed E-state index contributed by atoms with van der Waals surface area (Å²) in [6.07, 6.45) is 0. The number of ketones is 5. The second-order valence-corrected chi connectivity index (χ2v) is 10.4. The Morgan fingerprint density at radius 3 is 0.489 bits per heavy atom. The molecule has 0 aromatic heterocycles. The van der Waals surface area contributed by atoms with E-state index in [-0.39, 0.29) is 57.4 Å². The van der Waals surface area contributed by atoms with Gasteiger partial charge in [-0.2, -0.15) is 0 Å². The Morgan fingerprint density at radius 1 is 0.222 bits per heavy atom. The van der Waals surface area contributed by atoms with Crippen LogP contribution in [0.15, 0.2) is 152 Å². The van der Waals surface area contributed by atoms with Gasteiger partial charge in [-0.05, 0) is 0 Å². The van der Waals surface area contributed by atoms with Crippen molar-refractivity contribution in [2.45, 2.75) is 0 Å². The number of benzene rings is 5. The standard InChI is InChI=1S/C40H25O5/c41-36(26-16-6-1-7-17-26)31-32(37(42)27-18-8-2-9-19-27)34(39(44)29-22-12-4-13-23-29)35(40(45)30-24-14-5-15-25-30)33(31)38(43)28-20-10-3-11-21-28/h1-25H. The van der Waals surface area contributed by atoms with Crippen LogP contribution in [-0.4, -0.2) is 28.9 Å². The summed E-state index contributed by atoms with van der Waals surface area (Å²) in [6.45, 7) is 0. The lowest BCUT2D eigenvalue weighted by molar-refractivity contribution is 0.0935. The minimum absolute atomic E-state index is 0.198. The van der Waals surface area contributed by atoms with E-state index in [1.165, 1.54) is 0 Å². The highest BCUT2D eigenvalue weighted by Crippen LogP contribution is 2.58. The van der Waals surface area contributed by atoms with Gasteiger partial charge in [-0.3, -0.25) is 24.0 Å². The molecule has 5 radical (unpaired) electrons. The van der Waals surface area contributed by atoms with Gasteiger partial charge in [-0.15, -0.1) is 0 Å². The highest BCUT2D eigenvalue weighted by molar-refractivity contribution is 6.40. The number of Topliss-reactive ketones (excluding diaryl/α,β-unsaturated/α-hetero) is 5. The van der Waals surface area contributed by atoms with Crippen molar-refractivity contribution in [1.82, 2.24) is 0 Å². The molecule has 1 fully saturated rings. The summed E-state index contributed by atoms with van der Waals surface area (Å²) in [6, 6.07) is 41.1. The van der Waals surface area contributed by atoms with Gasteiger partial charge in [0, 0.05) is 27.8 Å². The van der Waals surface area contributed by atoms with E-state index < -0.39 is 28.9 Å². The van der Waals surface area contributed by atoms with Gasteiger partial charge in [0.15, 0.2) is 28.9 Å². The summed E-state index contributed by atoms with van der Waals surface area (Å²) < 4.78 is 0. The molecule has 0 heterocycles. The van der Waals surface area contributed by atoms with Gasteiger partial charge in [0.25, 0.3) is 0 Å². The van der Waals surface area contributed by atoms with E-state index in [4.69, 9.17) is 0 Å². The molecule has 0 atom stereocenters. The highest BCUT2D eigenvalue weighted by atomic mass is 16.2. The lowest BCUT2D eigenvalue weighted by Gasteiger charge is -2.22. The van der Waals surface area contributed by atoms with Crippen LogP contribution >= 0.6 is 0 Å². The molecule has 0 spiro atoms. The molecule has 5 aromatic rings. The van der Waals surface area contributed by atoms with Crippen LogP contribution < -0.4 is 0 Å². The quantitative estimate of drug-likeness (QED) is 0.161. The molecular weight excluding hydrogens is 560 g/mol. The van der Waals surface area contributed by atoms with Crippen molar-refractivity contribution < 1.29 is 24.0 Å². The van der Waals surface area contributed by atoms with E-state index in [9.17, 15) is 24.0 Å². The predicted octanol–water partition coefficient (Wildman–Crippen LogP) is 7.29. The van der Waals surface area contributed by atoms with Gasteiger partial charge < -0.3 is 0 Å². The second-order valence-electron chi connectivity index (χ2n) is 10.4. The van der Waals surface area contributed by atoms with Crippen molar-refractivity contribution in [1.29, 1.82) is 0 Å². The lowest BCUT2D eigenvalue weighted by atomic mass is 9.75. The third kappa shape index (κ3) is 5.73. The van der Waals surface area contributed by atoms with E-state index in [1.807, 2.05) is 0 Å². The molecule has 0 N–H and O–H groups in total. The topological polar surface area (TPSA) is 85.3 Å². The predicted molar refractivity (Wildman–Crippen MR) is 170 cm³/mol. The summed E-state index contributed by atoms with van der Waals surface area (Å²) in [7, 11) is 0. The number of hydrogen-bond donors (Lipinski definition) is 0. The molecule has 0 saturated heterocycles. The molecule has 1 aliphatic carbocycles. The molecule has 0 bridgehead atoms. The average Bonchev–Trinajstić information content (AvgIpc) is 3.47. The monoisotopic (exact) mass is 585 g/mol. The SMILES string of the molecule is O=C([C]1[C](C(=O)c2ccccc2)[C](C(=O)c2ccccc2)[C](C(=O)c2ccccc2)[C]1C(=O)c1ccccc1)c1ccccc1. The first-order chi connectivity index (χ1) is 22.0. The van der Waals surface area contributed by atoms with Gasteiger partial charge in [-0.25, -0.2) is 0 Å². The summed E-state index contributed by atoms with van der Waals surface area (Å²) in [5, 5.41) is 0. The number of carbonyl (C=O) groups excluding carboxylic acids is 5. The van der Waals surface area contributed by atoms with E-state index >= 15 is 0 Å². The van der Waals surface area contributed by atoms with E-state index in [0.29, 0.717) is 0 Å². The van der Waals surface area contributed by atoms with Crippen molar-refractivity contribution >= 4 is 28.9 Å². The molecule has 0 amide bonds. The molecule has 5 heteroatoms. The normalized spacial score (nSPS) is 14.7. The first kappa shape index (κ1) is 29.5. The van der Waals surface area contributed by atoms with E-state index in [2.05, 4.69) is 0 Å². The lowest BCUT2D eigenvalue weighted by Crippen LogP contribution is -2.31. The van der Waals surface area contributed by atoms with Crippen molar-refractivity contribution in [2.75, 3.05) is 0 Å². The summed E-state index contributed by atoms with van der Waals surface area (Å²) in [5.74, 6) is -4.63. The fourth-order valence-corrected chi connectivity index (χ4v) is 5.43. The zero-order valence-corrected chi connectivity index (χ0v) is 24.0. The zero-order valence-electron chi connectivity index (χ0n) is 24.0. The van der Waals surface area contributed by atoms with Gasteiger partial charge >= 0.3 is 0 Å². The molecule has 1 aliphatic rings. The molecule has 6 rings (SSSR count). The largest absolute Gasteiger partial charge is 0.293 e. The third-order valence-corrected chi connectivity index (χ3v) is 7.57. The summed E-state index contributed by atoms with van der Waals surface area (Å²) in [5.41, 5.74) is 0.991. The fourth-order valence-electron chi connectivity index (χ4n) is 5.43. The van der Waals surface area contributed by atoms with Crippen molar-refractivity contribution in [2.24, 2.45) is 0 Å². The molecule has 0 unspecified atom stereocenters. The van der Waals surface area contributed by atoms with Crippen LogP contribution in [0.5, 0.6) is 0 Å². The molecule has 0 aliphatic heterocycles. The molecule has 45 heavy (non-hydrogen) atoms. The second kappa shape index (κ2) is 13.0. The van der Waals surface area contributed by atoms with Gasteiger partial charge in [0.2, 0.25) is 0 Å². The Morgan fingerprint density at radius 2 is 0.356 bits per heavy atom. The third-order valence-electron chi connectivity index (χ3n) is 7.57. The van der Waals surface area contributed by atoms with Crippen molar-refractivity contribution in [3.8, 4) is 0 Å². The van der Waals surface area contributed by atoms with Gasteiger partial charge in [0.1, 0.15) is 0 Å². The first-order valence-electron chi connectivity index (χ1n) is 14.3. The Balaban J connectivity index is 1.64. The molecule has 5 nitrogen and oxygen atoms in total. The van der Waals surface area contributed by atoms with Crippen LogP contribution in [0.25, 0.3) is 0 Å². The molecule has 1 saturated carbocycles. The Hall–Kier alpha value is -5.55. The van der Waals surface area contributed by atoms with Crippen LogP contribution in [0.2, 0.25) is 0 Å². The van der Waals surface area contributed by atoms with Crippen LogP contribution in [0.3, 0.4) is 0 Å². The average molecular weight is 586 g/mol. The Bertz CT molecular complexity index is 1500. The van der Waals surface area contributed by atoms with Crippen LogP contribution in [0, 0.1) is 29.6 Å². The minimum Gasteiger partial charge on any atom is -0.293 e. The van der Waals surface area contributed by atoms with Gasteiger partial charge in [0.05, 0.1) is 29.6 Å². The van der Waals surface area contributed by atoms with Gasteiger partial charge in [-0.1, -0.05) is 152 Å². The maximum Gasteiger partial charge on any atom is 0.172 e. The van der Waals surface area contributed by atoms with Crippen molar-refractivity contribution in [3.05, 3.63) is 209 Å². The van der Waals surface area contributed by atoms with E-state index in [1.54, 1.807) is 152 Å². The van der Waals surface area contributed by atoms with E-state index in [0.717, 1.165) is 0 Å². The summed E-state index contributed by atoms with van der Waals surface area (Å²) >= 11 is 0. The minimum atomic E-state index is -0.650. The molecule has 215 valence electrons. The zero-order chi connectivity index (χ0) is 31.3. The Labute approximate surface area is 261 Å². The smallest absolute Gasteiger partial charge is 0.172 e. The van der Waals surface area contributed by atoms with Crippen LogP contribution in [-0.2, 0) is 0 Å². The fraction of sp³-hybridized carbons (Fsp3) is 0. The Kier molecular flexibility index (Phi) is 8.52. The first-order valence-corrected chi connectivity index (χ1v) is 14.3. The maximum atomic E-state index is 14.5. The number of hydrogen-bond acceptors (Lipinski definition) is 5. The highest BCUT2D eigenvalue weighted by Gasteiger charge is 2.65. The van der Waals surface area contributed by atoms with Crippen LogP contribution in [0.1, 0.15) is 51.8 Å². The maximum absolute atomic E-state index is 14.5. The molecule has 5 aromatic carbocycles. The number of carbonyl (C=O) groups is 5.